The van der Waals surface area contributed by atoms with E-state index in [0.717, 1.165) is 6.42 Å². The van der Waals surface area contributed by atoms with Gasteiger partial charge in [-0.2, -0.15) is 5.10 Å². The predicted molar refractivity (Wildman–Crippen MR) is 68.7 cm³/mol. The smallest absolute Gasteiger partial charge is 0.327 e. The molecule has 2 rings (SSSR count). The van der Waals surface area contributed by atoms with Crippen molar-refractivity contribution in [1.29, 1.82) is 0 Å². The number of nitrogens with one attached hydrogen (secondary N) is 1. The van der Waals surface area contributed by atoms with Crippen molar-refractivity contribution in [3.05, 3.63) is 12.4 Å². The molecule has 108 valence electrons. The molecule has 0 atom stereocenters. The van der Waals surface area contributed by atoms with E-state index in [1.165, 1.54) is 29.1 Å². The van der Waals surface area contributed by atoms with Crippen LogP contribution < -0.4 is 5.32 Å². The Labute approximate surface area is 115 Å². The highest BCUT2D eigenvalue weighted by Gasteiger charge is 2.22. The lowest BCUT2D eigenvalue weighted by atomic mass is 10.4. The molecule has 1 saturated heterocycles. The second-order valence-electron chi connectivity index (χ2n) is 4.47. The molecule has 0 spiro atoms. The van der Waals surface area contributed by atoms with Gasteiger partial charge >= 0.3 is 5.97 Å². The Bertz CT molecular complexity index is 525. The Hall–Kier alpha value is -2.38. The molecule has 2 heterocycles. The second-order valence-corrected chi connectivity index (χ2v) is 4.47. The van der Waals surface area contributed by atoms with Gasteiger partial charge in [0.2, 0.25) is 11.8 Å². The van der Waals surface area contributed by atoms with Crippen LogP contribution in [0.5, 0.6) is 0 Å². The summed E-state index contributed by atoms with van der Waals surface area (Å²) in [6, 6.07) is 0. The zero-order valence-corrected chi connectivity index (χ0v) is 11.2. The molecule has 0 bridgehead atoms. The quantitative estimate of drug-likeness (QED) is 0.742. The molecule has 1 N–H and O–H groups in total. The highest BCUT2D eigenvalue weighted by Crippen LogP contribution is 2.10. The van der Waals surface area contributed by atoms with Gasteiger partial charge in [-0.3, -0.25) is 19.1 Å². The van der Waals surface area contributed by atoms with Crippen LogP contribution in [0.2, 0.25) is 0 Å². The fourth-order valence-corrected chi connectivity index (χ4v) is 1.96. The van der Waals surface area contributed by atoms with E-state index >= 15 is 0 Å². The van der Waals surface area contributed by atoms with Crippen molar-refractivity contribution in [3.63, 3.8) is 0 Å². The average Bonchev–Trinajstić information content (AvgIpc) is 3.00. The van der Waals surface area contributed by atoms with Crippen LogP contribution in [-0.4, -0.2) is 52.7 Å². The van der Waals surface area contributed by atoms with Gasteiger partial charge in [-0.05, 0) is 6.42 Å². The standard InChI is InChI=1S/C12H16N4O4/c1-20-12(19)8-16-6-9(5-13-16)14-10(17)7-15-4-2-3-11(15)18/h5-6H,2-4,7-8H2,1H3,(H,14,17). The first-order valence-electron chi connectivity index (χ1n) is 6.25. The van der Waals surface area contributed by atoms with Gasteiger partial charge in [0.1, 0.15) is 6.54 Å². The van der Waals surface area contributed by atoms with Gasteiger partial charge in [-0.25, -0.2) is 0 Å². The number of anilines is 1. The van der Waals surface area contributed by atoms with Crippen molar-refractivity contribution >= 4 is 23.5 Å². The van der Waals surface area contributed by atoms with Crippen LogP contribution in [0.3, 0.4) is 0 Å². The van der Waals surface area contributed by atoms with Gasteiger partial charge in [0.15, 0.2) is 0 Å². The lowest BCUT2D eigenvalue weighted by molar-refractivity contribution is -0.141. The summed E-state index contributed by atoms with van der Waals surface area (Å²) in [4.78, 5) is 35.8. The molecule has 2 amide bonds. The third kappa shape index (κ3) is 3.56. The van der Waals surface area contributed by atoms with Crippen molar-refractivity contribution in [2.75, 3.05) is 25.5 Å². The molecule has 8 heteroatoms. The van der Waals surface area contributed by atoms with E-state index in [1.807, 2.05) is 0 Å². The maximum Gasteiger partial charge on any atom is 0.327 e. The zero-order valence-electron chi connectivity index (χ0n) is 11.2. The minimum Gasteiger partial charge on any atom is -0.468 e. The van der Waals surface area contributed by atoms with E-state index in [-0.39, 0.29) is 24.9 Å². The van der Waals surface area contributed by atoms with Crippen LogP contribution in [0.1, 0.15) is 12.8 Å². The normalized spacial score (nSPS) is 14.4. The third-order valence-electron chi connectivity index (χ3n) is 2.94. The molecule has 0 saturated carbocycles. The maximum atomic E-state index is 11.8. The van der Waals surface area contributed by atoms with Gasteiger partial charge in [0, 0.05) is 19.2 Å². The largest absolute Gasteiger partial charge is 0.468 e. The summed E-state index contributed by atoms with van der Waals surface area (Å²) < 4.78 is 5.88. The first kappa shape index (κ1) is 14.0. The van der Waals surface area contributed by atoms with Crippen LogP contribution >= 0.6 is 0 Å². The first-order chi connectivity index (χ1) is 9.58. The van der Waals surface area contributed by atoms with Crippen LogP contribution in [0.15, 0.2) is 12.4 Å². The monoisotopic (exact) mass is 280 g/mol. The van der Waals surface area contributed by atoms with E-state index in [1.54, 1.807) is 0 Å². The van der Waals surface area contributed by atoms with Gasteiger partial charge in [0.25, 0.3) is 0 Å². The molecule has 1 aliphatic heterocycles. The van der Waals surface area contributed by atoms with Crippen molar-refractivity contribution in [2.24, 2.45) is 0 Å². The van der Waals surface area contributed by atoms with E-state index in [9.17, 15) is 14.4 Å². The molecular formula is C12H16N4O4. The molecule has 0 unspecified atom stereocenters. The Morgan fingerprint density at radius 2 is 2.25 bits per heavy atom. The number of ether oxygens (including phenoxy) is 1. The molecule has 20 heavy (non-hydrogen) atoms. The third-order valence-corrected chi connectivity index (χ3v) is 2.94. The molecule has 0 aliphatic carbocycles. The summed E-state index contributed by atoms with van der Waals surface area (Å²) in [5.41, 5.74) is 0.477. The lowest BCUT2D eigenvalue weighted by Crippen LogP contribution is -2.33. The highest BCUT2D eigenvalue weighted by molar-refractivity contribution is 5.94. The topological polar surface area (TPSA) is 93.5 Å². The van der Waals surface area contributed by atoms with Crippen molar-refractivity contribution in [3.8, 4) is 0 Å². The molecule has 1 aromatic rings. The van der Waals surface area contributed by atoms with Gasteiger partial charge in [0.05, 0.1) is 25.5 Å². The molecule has 0 aromatic carbocycles. The fourth-order valence-electron chi connectivity index (χ4n) is 1.96. The van der Waals surface area contributed by atoms with E-state index in [2.05, 4.69) is 15.2 Å². The predicted octanol–water partition coefficient (Wildman–Crippen LogP) is -0.383. The van der Waals surface area contributed by atoms with Crippen LogP contribution in [-0.2, 0) is 25.7 Å². The Balaban J connectivity index is 1.85. The summed E-state index contributed by atoms with van der Waals surface area (Å²) in [7, 11) is 1.29. The number of nitrogens with zero attached hydrogens (tertiary/aromatic N) is 3. The highest BCUT2D eigenvalue weighted by atomic mass is 16.5. The summed E-state index contributed by atoms with van der Waals surface area (Å²) in [6.45, 7) is 0.645. The number of rotatable bonds is 5. The van der Waals surface area contributed by atoms with E-state index in [4.69, 9.17) is 0 Å². The van der Waals surface area contributed by atoms with Gasteiger partial charge < -0.3 is 15.0 Å². The van der Waals surface area contributed by atoms with Crippen molar-refractivity contribution < 1.29 is 19.1 Å². The lowest BCUT2D eigenvalue weighted by Gasteiger charge is -2.14. The summed E-state index contributed by atoms with van der Waals surface area (Å²) in [5.74, 6) is -0.701. The average molecular weight is 280 g/mol. The van der Waals surface area contributed by atoms with Crippen LogP contribution in [0.25, 0.3) is 0 Å². The number of likely N-dealkylation sites (tertiary alicyclic amines) is 1. The molecule has 8 nitrogen and oxygen atoms in total. The fraction of sp³-hybridized carbons (Fsp3) is 0.500. The zero-order chi connectivity index (χ0) is 14.5. The number of carbonyl (C=O) groups excluding carboxylic acids is 3. The summed E-state index contributed by atoms with van der Waals surface area (Å²) in [6.07, 6.45) is 4.26. The number of carbonyl (C=O) groups is 3. The van der Waals surface area contributed by atoms with Crippen LogP contribution in [0, 0.1) is 0 Å². The Morgan fingerprint density at radius 1 is 1.45 bits per heavy atom. The number of hydrogen-bond donors (Lipinski definition) is 1. The summed E-state index contributed by atoms with van der Waals surface area (Å²) >= 11 is 0. The molecule has 1 fully saturated rings. The molecule has 0 radical (unpaired) electrons. The second kappa shape index (κ2) is 6.18. The number of amides is 2. The number of methoxy groups -OCH3 is 1. The number of esters is 1. The maximum absolute atomic E-state index is 11.8. The first-order valence-corrected chi connectivity index (χ1v) is 6.25. The summed E-state index contributed by atoms with van der Waals surface area (Å²) in [5, 5.41) is 6.56. The molecule has 1 aromatic heterocycles. The Morgan fingerprint density at radius 3 is 2.90 bits per heavy atom. The van der Waals surface area contributed by atoms with Crippen LogP contribution in [0.4, 0.5) is 5.69 Å². The molecular weight excluding hydrogens is 264 g/mol. The van der Waals surface area contributed by atoms with Gasteiger partial charge in [-0.15, -0.1) is 0 Å². The van der Waals surface area contributed by atoms with E-state index < -0.39 is 5.97 Å². The SMILES string of the molecule is COC(=O)Cn1cc(NC(=O)CN2CCCC2=O)cn1. The number of aromatic nitrogens is 2. The number of hydrogen-bond acceptors (Lipinski definition) is 5. The van der Waals surface area contributed by atoms with Gasteiger partial charge in [-0.1, -0.05) is 0 Å². The minimum atomic E-state index is -0.423. The van der Waals surface area contributed by atoms with E-state index in [0.29, 0.717) is 18.7 Å². The van der Waals surface area contributed by atoms with Crippen molar-refractivity contribution in [1.82, 2.24) is 14.7 Å². The Kier molecular flexibility index (Phi) is 4.34. The van der Waals surface area contributed by atoms with Crippen molar-refractivity contribution in [2.45, 2.75) is 19.4 Å². The molecule has 1 aliphatic rings. The minimum absolute atomic E-state index is 0.00142.